The average molecular weight is 501 g/mol. The first-order valence-corrected chi connectivity index (χ1v) is 12.2. The zero-order valence-corrected chi connectivity index (χ0v) is 21.1. The van der Waals surface area contributed by atoms with Crippen molar-refractivity contribution in [2.45, 2.75) is 32.8 Å². The second-order valence-electron chi connectivity index (χ2n) is 10.3. The zero-order chi connectivity index (χ0) is 26.3. The zero-order valence-electron chi connectivity index (χ0n) is 21.1. The molecule has 0 atom stereocenters. The fourth-order valence-corrected chi connectivity index (χ4v) is 4.63. The van der Waals surface area contributed by atoms with Crippen LogP contribution in [0.15, 0.2) is 54.6 Å². The maximum atomic E-state index is 14.9. The molecule has 5 rings (SSSR count). The Morgan fingerprint density at radius 3 is 2.46 bits per heavy atom. The minimum absolute atomic E-state index is 0.0922. The molecule has 0 fully saturated rings. The van der Waals surface area contributed by atoms with Crippen LogP contribution in [-0.4, -0.2) is 47.1 Å². The van der Waals surface area contributed by atoms with Gasteiger partial charge in [-0.2, -0.15) is 4.39 Å². The van der Waals surface area contributed by atoms with E-state index in [2.05, 4.69) is 10.3 Å². The van der Waals surface area contributed by atoms with Crippen LogP contribution in [0.5, 0.6) is 0 Å². The van der Waals surface area contributed by atoms with E-state index in [-0.39, 0.29) is 17.8 Å². The van der Waals surface area contributed by atoms with Gasteiger partial charge < -0.3 is 20.7 Å². The minimum atomic E-state index is -0.650. The summed E-state index contributed by atoms with van der Waals surface area (Å²) in [6, 6.07) is 14.7. The third-order valence-electron chi connectivity index (χ3n) is 6.48. The molecule has 3 aromatic rings. The molecule has 190 valence electrons. The Labute approximate surface area is 215 Å². The van der Waals surface area contributed by atoms with Gasteiger partial charge in [0, 0.05) is 36.3 Å². The molecular weight excluding hydrogens is 471 g/mol. The topological polar surface area (TPSA) is 97.5 Å². The molecule has 0 radical (unpaired) electrons. The van der Waals surface area contributed by atoms with Gasteiger partial charge in [-0.05, 0) is 67.2 Å². The van der Waals surface area contributed by atoms with Crippen molar-refractivity contribution in [3.05, 3.63) is 77.2 Å². The van der Waals surface area contributed by atoms with Gasteiger partial charge in [0.05, 0.1) is 0 Å². The molecule has 7 nitrogen and oxygen atoms in total. The molecule has 3 N–H and O–H groups in total. The van der Waals surface area contributed by atoms with Gasteiger partial charge in [-0.15, -0.1) is 0 Å². The Kier molecular flexibility index (Phi) is 6.19. The number of fused-ring (bicyclic) bond motifs is 1. The van der Waals surface area contributed by atoms with Gasteiger partial charge >= 0.3 is 6.09 Å². The molecule has 1 aromatic heterocycles. The van der Waals surface area contributed by atoms with E-state index in [1.165, 1.54) is 0 Å². The average Bonchev–Trinajstić information content (AvgIpc) is 3.34. The Balaban J connectivity index is 1.38. The Bertz CT molecular complexity index is 1420. The summed E-state index contributed by atoms with van der Waals surface area (Å²) >= 11 is 0. The lowest BCUT2D eigenvalue weighted by molar-refractivity contribution is 0.0306. The summed E-state index contributed by atoms with van der Waals surface area (Å²) in [5.41, 5.74) is 11.5. The number of carbonyl (C=O) groups excluding carboxylic acids is 2. The number of ether oxygens (including phenoxy) is 1. The van der Waals surface area contributed by atoms with E-state index in [0.29, 0.717) is 41.9 Å². The highest BCUT2D eigenvalue weighted by Gasteiger charge is 2.26. The number of carbonyl (C=O) groups is 2. The number of nitrogens with one attached hydrogen (secondary N) is 1. The maximum Gasteiger partial charge on any atom is 0.410 e. The molecule has 0 bridgehead atoms. The number of amides is 2. The molecule has 2 aromatic carbocycles. The number of benzene rings is 2. The first-order chi connectivity index (χ1) is 17.6. The summed E-state index contributed by atoms with van der Waals surface area (Å²) in [4.78, 5) is 30.1. The minimum Gasteiger partial charge on any atom is -0.444 e. The smallest absolute Gasteiger partial charge is 0.410 e. The number of anilines is 1. The molecule has 0 saturated carbocycles. The fourth-order valence-electron chi connectivity index (χ4n) is 4.63. The van der Waals surface area contributed by atoms with E-state index < -0.39 is 11.5 Å². The molecule has 3 heterocycles. The van der Waals surface area contributed by atoms with Crippen LogP contribution >= 0.6 is 0 Å². The number of hydrogen-bond acceptors (Lipinski definition) is 5. The van der Waals surface area contributed by atoms with Crippen LogP contribution in [0.2, 0.25) is 0 Å². The molecule has 37 heavy (non-hydrogen) atoms. The van der Waals surface area contributed by atoms with E-state index in [0.717, 1.165) is 28.7 Å². The van der Waals surface area contributed by atoms with Crippen LogP contribution in [0.25, 0.3) is 27.8 Å². The van der Waals surface area contributed by atoms with Gasteiger partial charge in [-0.1, -0.05) is 42.5 Å². The summed E-state index contributed by atoms with van der Waals surface area (Å²) in [6.45, 7) is 7.04. The van der Waals surface area contributed by atoms with Crippen molar-refractivity contribution in [2.24, 2.45) is 0 Å². The van der Waals surface area contributed by atoms with E-state index in [1.54, 1.807) is 17.0 Å². The highest BCUT2D eigenvalue weighted by Crippen LogP contribution is 2.34. The maximum absolute atomic E-state index is 14.9. The second kappa shape index (κ2) is 9.35. The number of halogens is 1. The molecule has 2 aliphatic rings. The highest BCUT2D eigenvalue weighted by atomic mass is 19.1. The first-order valence-electron chi connectivity index (χ1n) is 12.2. The number of pyridine rings is 1. The predicted octanol–water partition coefficient (Wildman–Crippen LogP) is 5.06. The third-order valence-corrected chi connectivity index (χ3v) is 6.48. The van der Waals surface area contributed by atoms with Crippen LogP contribution in [0.1, 0.15) is 42.3 Å². The SMILES string of the molecule is CC(C)(C)OC(=O)N1CC=C(c2ccc(-c3cc(-c4ccc5c(c4)CCNC5=O)c(N)nc3F)cc2)C1. The molecule has 0 spiro atoms. The normalized spacial score (nSPS) is 15.2. The third kappa shape index (κ3) is 5.05. The van der Waals surface area contributed by atoms with Gasteiger partial charge in [0.25, 0.3) is 5.91 Å². The lowest BCUT2D eigenvalue weighted by Crippen LogP contribution is -2.35. The number of nitrogen functional groups attached to an aromatic ring is 1. The lowest BCUT2D eigenvalue weighted by Gasteiger charge is -2.24. The highest BCUT2D eigenvalue weighted by molar-refractivity contribution is 5.97. The number of nitrogens with two attached hydrogens (primary N) is 1. The number of hydrogen-bond donors (Lipinski definition) is 2. The summed E-state index contributed by atoms with van der Waals surface area (Å²) in [5, 5.41) is 2.83. The van der Waals surface area contributed by atoms with Gasteiger partial charge in [-0.25, -0.2) is 9.78 Å². The summed E-state index contributed by atoms with van der Waals surface area (Å²) in [7, 11) is 0. The molecule has 0 saturated heterocycles. The Morgan fingerprint density at radius 2 is 1.73 bits per heavy atom. The van der Waals surface area contributed by atoms with E-state index >= 15 is 0 Å². The van der Waals surface area contributed by atoms with Crippen LogP contribution in [-0.2, 0) is 11.2 Å². The van der Waals surface area contributed by atoms with Crippen molar-refractivity contribution in [2.75, 3.05) is 25.4 Å². The summed E-state index contributed by atoms with van der Waals surface area (Å²) in [6.07, 6.45) is 2.37. The number of nitrogens with zero attached hydrogens (tertiary/aromatic N) is 2. The van der Waals surface area contributed by atoms with Crippen LogP contribution in [0.3, 0.4) is 0 Å². The fraction of sp³-hybridized carbons (Fsp3) is 0.276. The Morgan fingerprint density at radius 1 is 1.03 bits per heavy atom. The summed E-state index contributed by atoms with van der Waals surface area (Å²) < 4.78 is 20.4. The molecule has 8 heteroatoms. The van der Waals surface area contributed by atoms with E-state index in [9.17, 15) is 14.0 Å². The van der Waals surface area contributed by atoms with Gasteiger partial charge in [0.2, 0.25) is 5.95 Å². The van der Waals surface area contributed by atoms with E-state index in [4.69, 9.17) is 10.5 Å². The predicted molar refractivity (Wildman–Crippen MR) is 141 cm³/mol. The van der Waals surface area contributed by atoms with Crippen molar-refractivity contribution in [1.82, 2.24) is 15.2 Å². The van der Waals surface area contributed by atoms with Crippen molar-refractivity contribution in [3.63, 3.8) is 0 Å². The van der Waals surface area contributed by atoms with E-state index in [1.807, 2.05) is 63.2 Å². The van der Waals surface area contributed by atoms with Crippen LogP contribution in [0.4, 0.5) is 15.0 Å². The first kappa shape index (κ1) is 24.5. The molecule has 2 amide bonds. The van der Waals surface area contributed by atoms with Crippen molar-refractivity contribution in [3.8, 4) is 22.3 Å². The van der Waals surface area contributed by atoms with Gasteiger partial charge in [-0.3, -0.25) is 4.79 Å². The molecule has 0 aliphatic carbocycles. The quantitative estimate of drug-likeness (QED) is 0.490. The second-order valence-corrected chi connectivity index (χ2v) is 10.3. The summed E-state index contributed by atoms with van der Waals surface area (Å²) in [5.74, 6) is -0.649. The van der Waals surface area contributed by atoms with Crippen molar-refractivity contribution < 1.29 is 18.7 Å². The Hall–Kier alpha value is -4.20. The monoisotopic (exact) mass is 500 g/mol. The molecule has 0 unspecified atom stereocenters. The van der Waals surface area contributed by atoms with Crippen LogP contribution < -0.4 is 11.1 Å². The molecular formula is C29H29FN4O3. The van der Waals surface area contributed by atoms with Crippen LogP contribution in [0, 0.1) is 5.95 Å². The van der Waals surface area contributed by atoms with Crippen molar-refractivity contribution >= 4 is 23.4 Å². The molecule has 2 aliphatic heterocycles. The largest absolute Gasteiger partial charge is 0.444 e. The van der Waals surface area contributed by atoms with Gasteiger partial charge in [0.15, 0.2) is 0 Å². The number of aromatic nitrogens is 1. The lowest BCUT2D eigenvalue weighted by atomic mass is 9.93. The number of rotatable bonds is 3. The standard InChI is InChI=1S/C29H29FN4O3/c1-29(2,3)37-28(36)34-13-11-21(16-34)17-4-6-18(7-5-17)23-15-24(26(31)33-25(23)30)19-8-9-22-20(14-19)10-12-32-27(22)35/h4-9,11,14-15H,10,12-13,16H2,1-3H3,(H2,31,33)(H,32,35). The van der Waals surface area contributed by atoms with Crippen molar-refractivity contribution in [1.29, 1.82) is 0 Å². The van der Waals surface area contributed by atoms with Gasteiger partial charge in [0.1, 0.15) is 11.4 Å².